The molecule has 1 spiro atoms. The molecule has 3 rings (SSSR count). The Morgan fingerprint density at radius 1 is 1.42 bits per heavy atom. The van der Waals surface area contributed by atoms with Gasteiger partial charge in [0.2, 0.25) is 0 Å². The van der Waals surface area contributed by atoms with Gasteiger partial charge in [-0.1, -0.05) is 6.07 Å². The van der Waals surface area contributed by atoms with E-state index < -0.39 is 0 Å². The van der Waals surface area contributed by atoms with Crippen molar-refractivity contribution in [2.45, 2.75) is 19.4 Å². The monoisotopic (exact) mass is 261 g/mol. The van der Waals surface area contributed by atoms with E-state index in [0.717, 1.165) is 51.6 Å². The lowest BCUT2D eigenvalue weighted by Crippen LogP contribution is -2.48. The van der Waals surface area contributed by atoms with Gasteiger partial charge in [-0.15, -0.1) is 0 Å². The highest BCUT2D eigenvalue weighted by molar-refractivity contribution is 5.04. The first-order chi connectivity index (χ1) is 9.36. The molecule has 0 unspecified atom stereocenters. The molecule has 2 aliphatic rings. The molecule has 0 saturated carbocycles. The van der Waals surface area contributed by atoms with Crippen LogP contribution in [0.3, 0.4) is 0 Å². The standard InChI is InChI=1S/C15H23N3O/c1-2-7-17-14(4-1)10-18-8-9-19-13-15(12-18)5-3-6-16-11-15/h1-2,4,7,16H,3,5-6,8-13H2/t15-/m1/s1. The number of ether oxygens (including phenoxy) is 1. The van der Waals surface area contributed by atoms with Crippen LogP contribution < -0.4 is 5.32 Å². The van der Waals surface area contributed by atoms with Crippen LogP contribution in [-0.4, -0.2) is 49.3 Å². The van der Waals surface area contributed by atoms with Crippen LogP contribution in [0.15, 0.2) is 24.4 Å². The maximum Gasteiger partial charge on any atom is 0.0593 e. The van der Waals surface area contributed by atoms with Crippen molar-refractivity contribution in [2.75, 3.05) is 39.4 Å². The third-order valence-electron chi connectivity index (χ3n) is 4.19. The largest absolute Gasteiger partial charge is 0.379 e. The third-order valence-corrected chi connectivity index (χ3v) is 4.19. The van der Waals surface area contributed by atoms with Gasteiger partial charge >= 0.3 is 0 Å². The highest BCUT2D eigenvalue weighted by Crippen LogP contribution is 2.30. The molecule has 1 N–H and O–H groups in total. The molecule has 0 aromatic carbocycles. The molecule has 19 heavy (non-hydrogen) atoms. The van der Waals surface area contributed by atoms with Crippen molar-refractivity contribution >= 4 is 0 Å². The smallest absolute Gasteiger partial charge is 0.0593 e. The zero-order valence-corrected chi connectivity index (χ0v) is 11.5. The molecular formula is C15H23N3O. The minimum absolute atomic E-state index is 0.309. The minimum atomic E-state index is 0.309. The zero-order chi connectivity index (χ0) is 13.0. The van der Waals surface area contributed by atoms with Crippen LogP contribution in [0.25, 0.3) is 0 Å². The molecule has 1 aromatic heterocycles. The Balaban J connectivity index is 1.67. The SMILES string of the molecule is c1ccc(CN2CCOC[C@@]3(CCCNC3)C2)nc1. The Hall–Kier alpha value is -0.970. The molecule has 0 radical (unpaired) electrons. The van der Waals surface area contributed by atoms with Gasteiger partial charge < -0.3 is 10.1 Å². The topological polar surface area (TPSA) is 37.4 Å². The lowest BCUT2D eigenvalue weighted by Gasteiger charge is -2.38. The average molecular weight is 261 g/mol. The first kappa shape index (κ1) is 13.0. The maximum atomic E-state index is 5.85. The van der Waals surface area contributed by atoms with Gasteiger partial charge in [0.1, 0.15) is 0 Å². The molecule has 2 saturated heterocycles. The third kappa shape index (κ3) is 3.32. The number of aromatic nitrogens is 1. The predicted molar refractivity (Wildman–Crippen MR) is 74.9 cm³/mol. The van der Waals surface area contributed by atoms with Crippen LogP contribution in [0.4, 0.5) is 0 Å². The Labute approximate surface area is 115 Å². The van der Waals surface area contributed by atoms with E-state index in [9.17, 15) is 0 Å². The molecule has 104 valence electrons. The summed E-state index contributed by atoms with van der Waals surface area (Å²) in [4.78, 5) is 6.94. The van der Waals surface area contributed by atoms with E-state index in [1.807, 2.05) is 12.3 Å². The van der Waals surface area contributed by atoms with Gasteiger partial charge in [-0.2, -0.15) is 0 Å². The first-order valence-corrected chi connectivity index (χ1v) is 7.27. The normalized spacial score (nSPS) is 29.3. The van der Waals surface area contributed by atoms with E-state index in [1.165, 1.54) is 12.8 Å². The molecule has 2 fully saturated rings. The van der Waals surface area contributed by atoms with Crippen molar-refractivity contribution in [1.82, 2.24) is 15.2 Å². The average Bonchev–Trinajstić information content (AvgIpc) is 2.63. The fourth-order valence-corrected chi connectivity index (χ4v) is 3.23. The van der Waals surface area contributed by atoms with Gasteiger partial charge in [0.05, 0.1) is 18.9 Å². The van der Waals surface area contributed by atoms with Crippen molar-refractivity contribution < 1.29 is 4.74 Å². The van der Waals surface area contributed by atoms with Crippen molar-refractivity contribution in [2.24, 2.45) is 5.41 Å². The van der Waals surface area contributed by atoms with Crippen LogP contribution >= 0.6 is 0 Å². The molecule has 0 aliphatic carbocycles. The number of rotatable bonds is 2. The van der Waals surface area contributed by atoms with Crippen molar-refractivity contribution in [3.05, 3.63) is 30.1 Å². The van der Waals surface area contributed by atoms with Gasteiger partial charge in [0.15, 0.2) is 0 Å². The van der Waals surface area contributed by atoms with Crippen molar-refractivity contribution in [1.29, 1.82) is 0 Å². The van der Waals surface area contributed by atoms with Gasteiger partial charge in [0, 0.05) is 37.8 Å². The fourth-order valence-electron chi connectivity index (χ4n) is 3.23. The Kier molecular flexibility index (Phi) is 4.11. The summed E-state index contributed by atoms with van der Waals surface area (Å²) in [6.07, 6.45) is 4.42. The second-order valence-electron chi connectivity index (χ2n) is 5.86. The molecule has 1 atom stereocenters. The summed E-state index contributed by atoms with van der Waals surface area (Å²) in [5.74, 6) is 0. The van der Waals surface area contributed by atoms with Crippen LogP contribution in [0.1, 0.15) is 18.5 Å². The van der Waals surface area contributed by atoms with Gasteiger partial charge in [-0.05, 0) is 31.5 Å². The summed E-state index contributed by atoms with van der Waals surface area (Å²) < 4.78 is 5.85. The molecule has 0 bridgehead atoms. The van der Waals surface area contributed by atoms with E-state index >= 15 is 0 Å². The van der Waals surface area contributed by atoms with Crippen LogP contribution in [0, 0.1) is 5.41 Å². The van der Waals surface area contributed by atoms with E-state index in [0.29, 0.717) is 5.41 Å². The first-order valence-electron chi connectivity index (χ1n) is 7.27. The number of nitrogens with zero attached hydrogens (tertiary/aromatic N) is 2. The highest BCUT2D eigenvalue weighted by atomic mass is 16.5. The second-order valence-corrected chi connectivity index (χ2v) is 5.86. The summed E-state index contributed by atoms with van der Waals surface area (Å²) in [5, 5.41) is 3.54. The van der Waals surface area contributed by atoms with Gasteiger partial charge in [-0.25, -0.2) is 0 Å². The Bertz CT molecular complexity index is 390. The quantitative estimate of drug-likeness (QED) is 0.870. The summed E-state index contributed by atoms with van der Waals surface area (Å²) in [6.45, 7) is 7.06. The number of hydrogen-bond acceptors (Lipinski definition) is 4. The lowest BCUT2D eigenvalue weighted by atomic mass is 9.81. The van der Waals surface area contributed by atoms with Crippen molar-refractivity contribution in [3.8, 4) is 0 Å². The minimum Gasteiger partial charge on any atom is -0.379 e. The van der Waals surface area contributed by atoms with Crippen molar-refractivity contribution in [3.63, 3.8) is 0 Å². The van der Waals surface area contributed by atoms with Crippen LogP contribution in [0.2, 0.25) is 0 Å². The summed E-state index contributed by atoms with van der Waals surface area (Å²) in [6, 6.07) is 6.15. The number of pyridine rings is 1. The summed E-state index contributed by atoms with van der Waals surface area (Å²) >= 11 is 0. The Morgan fingerprint density at radius 2 is 2.42 bits per heavy atom. The lowest BCUT2D eigenvalue weighted by molar-refractivity contribution is 0.0487. The van der Waals surface area contributed by atoms with Crippen LogP contribution in [0.5, 0.6) is 0 Å². The molecule has 4 nitrogen and oxygen atoms in total. The molecule has 4 heteroatoms. The highest BCUT2D eigenvalue weighted by Gasteiger charge is 2.36. The van der Waals surface area contributed by atoms with Gasteiger partial charge in [0.25, 0.3) is 0 Å². The second kappa shape index (κ2) is 5.99. The number of nitrogens with one attached hydrogen (secondary N) is 1. The van der Waals surface area contributed by atoms with Crippen LogP contribution in [-0.2, 0) is 11.3 Å². The number of hydrogen-bond donors (Lipinski definition) is 1. The fraction of sp³-hybridized carbons (Fsp3) is 0.667. The molecule has 3 heterocycles. The van der Waals surface area contributed by atoms with E-state index in [-0.39, 0.29) is 0 Å². The molecule has 1 aromatic rings. The molecular weight excluding hydrogens is 238 g/mol. The molecule has 2 aliphatic heterocycles. The maximum absolute atomic E-state index is 5.85. The Morgan fingerprint density at radius 3 is 3.21 bits per heavy atom. The summed E-state index contributed by atoms with van der Waals surface area (Å²) in [5.41, 5.74) is 1.46. The zero-order valence-electron chi connectivity index (χ0n) is 11.5. The van der Waals surface area contributed by atoms with E-state index in [2.05, 4.69) is 27.3 Å². The predicted octanol–water partition coefficient (Wildman–Crippen LogP) is 1.28. The molecule has 0 amide bonds. The van der Waals surface area contributed by atoms with E-state index in [1.54, 1.807) is 0 Å². The van der Waals surface area contributed by atoms with Gasteiger partial charge in [-0.3, -0.25) is 9.88 Å². The number of piperidine rings is 1. The summed E-state index contributed by atoms with van der Waals surface area (Å²) in [7, 11) is 0. The van der Waals surface area contributed by atoms with E-state index in [4.69, 9.17) is 4.74 Å².